The molecule has 0 aromatic heterocycles. The van der Waals surface area contributed by atoms with Gasteiger partial charge in [0.05, 0.1) is 0 Å². The third-order valence-electron chi connectivity index (χ3n) is 3.79. The number of likely N-dealkylation sites (tertiary alicyclic amines) is 1. The quantitative estimate of drug-likeness (QED) is 0.908. The van der Waals surface area contributed by atoms with Crippen LogP contribution in [0.1, 0.15) is 39.2 Å². The second-order valence-electron chi connectivity index (χ2n) is 6.90. The molecule has 1 atom stereocenters. The van der Waals surface area contributed by atoms with Gasteiger partial charge in [-0.1, -0.05) is 30.3 Å². The highest BCUT2D eigenvalue weighted by molar-refractivity contribution is 5.78. The van der Waals surface area contributed by atoms with Crippen molar-refractivity contribution in [1.29, 1.82) is 0 Å². The van der Waals surface area contributed by atoms with Gasteiger partial charge in [-0.3, -0.25) is 4.79 Å². The largest absolute Gasteiger partial charge is 0.444 e. The van der Waals surface area contributed by atoms with Crippen molar-refractivity contribution in [2.45, 2.75) is 51.7 Å². The van der Waals surface area contributed by atoms with Crippen molar-refractivity contribution in [3.63, 3.8) is 0 Å². The number of alkyl carbamates (subject to hydrolysis) is 1. The average molecular weight is 318 g/mol. The minimum atomic E-state index is -0.521. The van der Waals surface area contributed by atoms with Crippen LogP contribution in [-0.4, -0.2) is 41.6 Å². The van der Waals surface area contributed by atoms with Gasteiger partial charge in [-0.2, -0.15) is 0 Å². The number of hydrogen-bond donors (Lipinski definition) is 1. The van der Waals surface area contributed by atoms with Crippen LogP contribution < -0.4 is 5.32 Å². The fourth-order valence-electron chi connectivity index (χ4n) is 2.60. The van der Waals surface area contributed by atoms with Gasteiger partial charge < -0.3 is 15.0 Å². The Bertz CT molecular complexity index is 537. The first-order valence-corrected chi connectivity index (χ1v) is 8.15. The molecule has 1 aliphatic heterocycles. The summed E-state index contributed by atoms with van der Waals surface area (Å²) in [5, 5.41) is 2.63. The first kappa shape index (κ1) is 17.3. The lowest BCUT2D eigenvalue weighted by atomic mass is 9.95. The molecule has 5 heteroatoms. The van der Waals surface area contributed by atoms with Gasteiger partial charge in [-0.15, -0.1) is 0 Å². The van der Waals surface area contributed by atoms with Crippen LogP contribution in [0.2, 0.25) is 0 Å². The van der Waals surface area contributed by atoms with Gasteiger partial charge >= 0.3 is 6.09 Å². The molecule has 0 radical (unpaired) electrons. The highest BCUT2D eigenvalue weighted by atomic mass is 16.6. The number of carbonyl (C=O) groups excluding carboxylic acids is 2. The summed E-state index contributed by atoms with van der Waals surface area (Å²) in [6.45, 7) is 6.55. The van der Waals surface area contributed by atoms with E-state index >= 15 is 0 Å². The molecule has 5 nitrogen and oxygen atoms in total. The van der Waals surface area contributed by atoms with Gasteiger partial charge in [0, 0.05) is 25.6 Å². The molecule has 0 spiro atoms. The van der Waals surface area contributed by atoms with Crippen molar-refractivity contribution in [2.24, 2.45) is 0 Å². The van der Waals surface area contributed by atoms with Crippen molar-refractivity contribution >= 4 is 12.0 Å². The number of amides is 2. The summed E-state index contributed by atoms with van der Waals surface area (Å²) in [5.74, 6) is 0.0910. The maximum atomic E-state index is 12.2. The molecule has 1 aromatic carbocycles. The topological polar surface area (TPSA) is 58.6 Å². The van der Waals surface area contributed by atoms with E-state index in [0.717, 1.165) is 19.4 Å². The summed E-state index contributed by atoms with van der Waals surface area (Å²) in [7, 11) is 0. The lowest BCUT2D eigenvalue weighted by Gasteiger charge is -2.41. The molecule has 0 saturated carbocycles. The van der Waals surface area contributed by atoms with Gasteiger partial charge in [0.1, 0.15) is 5.60 Å². The van der Waals surface area contributed by atoms with Crippen LogP contribution in [0.3, 0.4) is 0 Å². The van der Waals surface area contributed by atoms with E-state index in [9.17, 15) is 9.59 Å². The molecule has 126 valence electrons. The first-order chi connectivity index (χ1) is 10.8. The maximum Gasteiger partial charge on any atom is 0.407 e. The Morgan fingerprint density at radius 2 is 1.96 bits per heavy atom. The van der Waals surface area contributed by atoms with Crippen LogP contribution in [-0.2, 0) is 16.0 Å². The molecule has 0 unspecified atom stereocenters. The zero-order chi connectivity index (χ0) is 16.9. The number of nitrogens with zero attached hydrogens (tertiary/aromatic N) is 1. The smallest absolute Gasteiger partial charge is 0.407 e. The van der Waals surface area contributed by atoms with Crippen molar-refractivity contribution in [1.82, 2.24) is 10.2 Å². The first-order valence-electron chi connectivity index (χ1n) is 8.15. The molecular weight excluding hydrogens is 292 g/mol. The zero-order valence-electron chi connectivity index (χ0n) is 14.2. The molecule has 1 N–H and O–H groups in total. The van der Waals surface area contributed by atoms with E-state index in [1.165, 1.54) is 5.56 Å². The van der Waals surface area contributed by atoms with Crippen LogP contribution in [0, 0.1) is 0 Å². The number of nitrogens with one attached hydrogen (secondary N) is 1. The Morgan fingerprint density at radius 1 is 1.26 bits per heavy atom. The van der Waals surface area contributed by atoms with E-state index in [1.54, 1.807) is 0 Å². The highest BCUT2D eigenvalue weighted by Gasteiger charge is 2.31. The number of hydrogen-bond acceptors (Lipinski definition) is 3. The monoisotopic (exact) mass is 318 g/mol. The zero-order valence-corrected chi connectivity index (χ0v) is 14.2. The van der Waals surface area contributed by atoms with Crippen LogP contribution in [0.15, 0.2) is 30.3 Å². The number of benzene rings is 1. The number of rotatable bonds is 5. The minimum absolute atomic E-state index is 0.0910. The lowest BCUT2D eigenvalue weighted by Crippen LogP contribution is -2.52. The summed E-state index contributed by atoms with van der Waals surface area (Å²) in [6, 6.07) is 10.5. The van der Waals surface area contributed by atoms with Crippen LogP contribution in [0.5, 0.6) is 0 Å². The summed E-state index contributed by atoms with van der Waals surface area (Å²) < 4.78 is 5.15. The summed E-state index contributed by atoms with van der Waals surface area (Å²) in [5.41, 5.74) is 0.730. The predicted molar refractivity (Wildman–Crippen MR) is 89.1 cm³/mol. The average Bonchev–Trinajstić information content (AvgIpc) is 2.42. The van der Waals surface area contributed by atoms with Gasteiger partial charge in [0.15, 0.2) is 0 Å². The predicted octanol–water partition coefficient (Wildman–Crippen LogP) is 2.74. The summed E-state index contributed by atoms with van der Waals surface area (Å²) >= 11 is 0. The minimum Gasteiger partial charge on any atom is -0.444 e. The highest BCUT2D eigenvalue weighted by Crippen LogP contribution is 2.22. The molecular formula is C18H26N2O3. The van der Waals surface area contributed by atoms with Crippen molar-refractivity contribution in [3.05, 3.63) is 35.9 Å². The van der Waals surface area contributed by atoms with Gasteiger partial charge in [-0.25, -0.2) is 4.79 Å². The van der Waals surface area contributed by atoms with Crippen LogP contribution >= 0.6 is 0 Å². The van der Waals surface area contributed by atoms with Gasteiger partial charge in [0.25, 0.3) is 0 Å². The van der Waals surface area contributed by atoms with Crippen molar-refractivity contribution in [3.8, 4) is 0 Å². The molecule has 1 heterocycles. The molecule has 1 fully saturated rings. The Morgan fingerprint density at radius 3 is 2.52 bits per heavy atom. The number of carbonyl (C=O) groups is 2. The Kier molecular flexibility index (Phi) is 5.64. The Balaban J connectivity index is 1.71. The van der Waals surface area contributed by atoms with E-state index in [1.807, 2.05) is 43.9 Å². The van der Waals surface area contributed by atoms with E-state index in [2.05, 4.69) is 17.4 Å². The van der Waals surface area contributed by atoms with Crippen LogP contribution in [0.25, 0.3) is 0 Å². The molecule has 1 saturated heterocycles. The third-order valence-corrected chi connectivity index (χ3v) is 3.79. The van der Waals surface area contributed by atoms with Gasteiger partial charge in [0.2, 0.25) is 5.91 Å². The fourth-order valence-corrected chi connectivity index (χ4v) is 2.60. The summed E-state index contributed by atoms with van der Waals surface area (Å²) in [6.07, 6.45) is 1.77. The lowest BCUT2D eigenvalue weighted by molar-refractivity contribution is -0.138. The molecule has 0 aliphatic carbocycles. The summed E-state index contributed by atoms with van der Waals surface area (Å²) in [4.78, 5) is 25.7. The molecule has 23 heavy (non-hydrogen) atoms. The van der Waals surface area contributed by atoms with Crippen LogP contribution in [0.4, 0.5) is 4.79 Å². The molecule has 2 rings (SSSR count). The van der Waals surface area contributed by atoms with E-state index in [4.69, 9.17) is 4.74 Å². The SMILES string of the molecule is CC(C)(C)OC(=O)NCCC(=O)N1CC[C@@H]1Cc1ccccc1. The Labute approximate surface area is 138 Å². The third kappa shape index (κ3) is 5.58. The fraction of sp³-hybridized carbons (Fsp3) is 0.556. The normalized spacial score (nSPS) is 17.3. The van der Waals surface area contributed by atoms with E-state index < -0.39 is 11.7 Å². The molecule has 1 aromatic rings. The van der Waals surface area contributed by atoms with E-state index in [-0.39, 0.29) is 11.9 Å². The van der Waals surface area contributed by atoms with Crippen molar-refractivity contribution in [2.75, 3.05) is 13.1 Å². The maximum absolute atomic E-state index is 12.2. The van der Waals surface area contributed by atoms with Crippen molar-refractivity contribution < 1.29 is 14.3 Å². The molecule has 2 amide bonds. The van der Waals surface area contributed by atoms with Gasteiger partial charge in [-0.05, 0) is 39.2 Å². The number of ether oxygens (including phenoxy) is 1. The second-order valence-corrected chi connectivity index (χ2v) is 6.90. The molecule has 1 aliphatic rings. The second kappa shape index (κ2) is 7.49. The van der Waals surface area contributed by atoms with E-state index in [0.29, 0.717) is 13.0 Å². The standard InChI is InChI=1S/C18H26N2O3/c1-18(2,3)23-17(22)19-11-9-16(21)20-12-10-15(20)13-14-7-5-4-6-8-14/h4-8,15H,9-13H2,1-3H3,(H,19,22)/t15-/m1/s1. The Hall–Kier alpha value is -2.04. The molecule has 0 bridgehead atoms.